The Hall–Kier alpha value is -4.93. The molecule has 0 saturated heterocycles. The molecule has 4 heteroatoms. The number of fused-ring (bicyclic) bond motifs is 4. The van der Waals surface area contributed by atoms with Gasteiger partial charge in [0.05, 0.1) is 0 Å². The van der Waals surface area contributed by atoms with Crippen molar-refractivity contribution >= 4 is 44.1 Å². The fourth-order valence-electron chi connectivity index (χ4n) is 5.72. The highest BCUT2D eigenvalue weighted by Crippen LogP contribution is 2.40. The van der Waals surface area contributed by atoms with E-state index in [1.807, 2.05) is 30.3 Å². The fraction of sp³-hybridized carbons (Fsp3) is 0.0833. The number of allylic oxidation sites excluding steroid dienone is 4. The zero-order valence-electron chi connectivity index (χ0n) is 22.0. The molecule has 4 nitrogen and oxygen atoms in total. The number of benzene rings is 5. The van der Waals surface area contributed by atoms with Crippen LogP contribution in [0.4, 0.5) is 0 Å². The van der Waals surface area contributed by atoms with E-state index >= 15 is 0 Å². The van der Waals surface area contributed by atoms with E-state index in [4.69, 9.17) is 15.3 Å². The Kier molecular flexibility index (Phi) is 6.23. The van der Waals surface area contributed by atoms with E-state index in [0.717, 1.165) is 62.4 Å². The molecular formula is C36H29N3O. The van der Waals surface area contributed by atoms with Gasteiger partial charge in [-0.3, -0.25) is 4.99 Å². The molecule has 0 saturated carbocycles. The molecule has 7 rings (SSSR count). The zero-order valence-corrected chi connectivity index (χ0v) is 22.0. The van der Waals surface area contributed by atoms with Gasteiger partial charge in [0.25, 0.3) is 0 Å². The van der Waals surface area contributed by atoms with E-state index in [-0.39, 0.29) is 6.04 Å². The number of nitrogens with one attached hydrogen (secondary N) is 1. The van der Waals surface area contributed by atoms with Crippen LogP contribution in [-0.4, -0.2) is 5.84 Å². The maximum absolute atomic E-state index is 6.43. The predicted octanol–water partition coefficient (Wildman–Crippen LogP) is 8.47. The second-order valence-corrected chi connectivity index (χ2v) is 10.2. The highest BCUT2D eigenvalue weighted by Gasteiger charge is 2.23. The summed E-state index contributed by atoms with van der Waals surface area (Å²) >= 11 is 0. The zero-order chi connectivity index (χ0) is 26.9. The summed E-state index contributed by atoms with van der Waals surface area (Å²) in [5.74, 6) is 6.79. The molecule has 6 aromatic rings. The van der Waals surface area contributed by atoms with Crippen molar-refractivity contribution in [3.63, 3.8) is 0 Å². The van der Waals surface area contributed by atoms with Crippen LogP contribution >= 0.6 is 0 Å². The molecular weight excluding hydrogens is 490 g/mol. The number of furan rings is 1. The van der Waals surface area contributed by atoms with E-state index in [1.165, 1.54) is 11.0 Å². The molecule has 3 N–H and O–H groups in total. The van der Waals surface area contributed by atoms with Gasteiger partial charge in [0.1, 0.15) is 23.0 Å². The fourth-order valence-corrected chi connectivity index (χ4v) is 5.72. The van der Waals surface area contributed by atoms with E-state index in [1.54, 1.807) is 0 Å². The summed E-state index contributed by atoms with van der Waals surface area (Å²) in [6.07, 6.45) is 8.84. The number of aliphatic imine (C=N–C) groups is 1. The number of para-hydroxylation sites is 1. The lowest BCUT2D eigenvalue weighted by atomic mass is 9.90. The van der Waals surface area contributed by atoms with Gasteiger partial charge in [-0.1, -0.05) is 103 Å². The minimum Gasteiger partial charge on any atom is -0.456 e. The summed E-state index contributed by atoms with van der Waals surface area (Å²) < 4.78 is 6.43. The van der Waals surface area contributed by atoms with Crippen LogP contribution in [0.3, 0.4) is 0 Å². The minimum absolute atomic E-state index is 0.324. The smallest absolute Gasteiger partial charge is 0.143 e. The van der Waals surface area contributed by atoms with Crippen LogP contribution < -0.4 is 11.3 Å². The highest BCUT2D eigenvalue weighted by atomic mass is 16.3. The standard InChI is InChI=1S/C36H29N3O/c37-39-36(28-20-19-25-13-7-8-16-27(25)21-28)38-35(26-14-5-2-6-15-26)31-22-29(24-11-3-1-4-12-24)23-33-34(31)30-17-9-10-18-32(30)40-33/h2-3,5-23,35H,1,4,37H2,(H,38,39). The van der Waals surface area contributed by atoms with Crippen molar-refractivity contribution in [1.82, 2.24) is 5.43 Å². The van der Waals surface area contributed by atoms with Crippen molar-refractivity contribution in [2.45, 2.75) is 18.9 Å². The Morgan fingerprint density at radius 1 is 0.775 bits per heavy atom. The number of nitrogens with two attached hydrogens (primary N) is 1. The molecule has 1 aliphatic carbocycles. The monoisotopic (exact) mass is 519 g/mol. The van der Waals surface area contributed by atoms with Crippen molar-refractivity contribution in [3.8, 4) is 0 Å². The van der Waals surface area contributed by atoms with E-state index < -0.39 is 0 Å². The SMILES string of the molecule is NN/C(=N\C(c1ccccc1)c1cc(C2=CCCC=C2)cc2oc3ccccc3c12)c1ccc2ccccc2c1. The number of hydrazine groups is 1. The van der Waals surface area contributed by atoms with Crippen LogP contribution in [0.15, 0.2) is 137 Å². The lowest BCUT2D eigenvalue weighted by Crippen LogP contribution is -2.31. The van der Waals surface area contributed by atoms with E-state index in [9.17, 15) is 0 Å². The molecule has 5 aromatic carbocycles. The number of nitrogens with zero attached hydrogens (tertiary/aromatic N) is 1. The third-order valence-electron chi connectivity index (χ3n) is 7.67. The first-order valence-electron chi connectivity index (χ1n) is 13.7. The van der Waals surface area contributed by atoms with Crippen molar-refractivity contribution in [2.75, 3.05) is 0 Å². The molecule has 0 radical (unpaired) electrons. The normalized spacial score (nSPS) is 14.5. The van der Waals surface area contributed by atoms with Crippen molar-refractivity contribution < 1.29 is 4.42 Å². The number of hydrogen-bond donors (Lipinski definition) is 2. The molecule has 194 valence electrons. The summed E-state index contributed by atoms with van der Waals surface area (Å²) in [5.41, 5.74) is 10.1. The topological polar surface area (TPSA) is 63.5 Å². The summed E-state index contributed by atoms with van der Waals surface area (Å²) in [7, 11) is 0. The Labute approximate surface area is 233 Å². The summed E-state index contributed by atoms with van der Waals surface area (Å²) in [5, 5.41) is 4.47. The highest BCUT2D eigenvalue weighted by molar-refractivity contribution is 6.08. The van der Waals surface area contributed by atoms with Gasteiger partial charge in [-0.05, 0) is 70.1 Å². The predicted molar refractivity (Wildman–Crippen MR) is 166 cm³/mol. The molecule has 0 fully saturated rings. The van der Waals surface area contributed by atoms with Gasteiger partial charge in [-0.25, -0.2) is 5.84 Å². The average Bonchev–Trinajstić information content (AvgIpc) is 3.41. The molecule has 40 heavy (non-hydrogen) atoms. The van der Waals surface area contributed by atoms with Crippen LogP contribution in [0, 0.1) is 0 Å². The average molecular weight is 520 g/mol. The number of hydrogen-bond acceptors (Lipinski definition) is 3. The van der Waals surface area contributed by atoms with Gasteiger partial charge in [0, 0.05) is 16.3 Å². The Balaban J connectivity index is 1.49. The third kappa shape index (κ3) is 4.39. The van der Waals surface area contributed by atoms with Gasteiger partial charge in [0.15, 0.2) is 0 Å². The molecule has 0 spiro atoms. The maximum atomic E-state index is 6.43. The first-order chi connectivity index (χ1) is 19.8. The second-order valence-electron chi connectivity index (χ2n) is 10.2. The quantitative estimate of drug-likeness (QED) is 0.104. The number of rotatable bonds is 5. The van der Waals surface area contributed by atoms with Crippen LogP contribution in [0.1, 0.15) is 41.1 Å². The molecule has 1 unspecified atom stereocenters. The largest absolute Gasteiger partial charge is 0.456 e. The lowest BCUT2D eigenvalue weighted by Gasteiger charge is -2.19. The van der Waals surface area contributed by atoms with E-state index in [2.05, 4.69) is 103 Å². The Morgan fingerprint density at radius 2 is 1.57 bits per heavy atom. The van der Waals surface area contributed by atoms with Gasteiger partial charge >= 0.3 is 0 Å². The van der Waals surface area contributed by atoms with Crippen LogP contribution in [0.5, 0.6) is 0 Å². The molecule has 1 aliphatic rings. The molecule has 1 atom stereocenters. The summed E-state index contributed by atoms with van der Waals surface area (Å²) in [6, 6.07) is 37.4. The maximum Gasteiger partial charge on any atom is 0.143 e. The summed E-state index contributed by atoms with van der Waals surface area (Å²) in [4.78, 5) is 5.34. The van der Waals surface area contributed by atoms with E-state index in [0.29, 0.717) is 5.84 Å². The molecule has 0 amide bonds. The van der Waals surface area contributed by atoms with Crippen molar-refractivity contribution in [3.05, 3.63) is 150 Å². The minimum atomic E-state index is -0.324. The third-order valence-corrected chi connectivity index (χ3v) is 7.67. The van der Waals surface area contributed by atoms with Gasteiger partial charge in [-0.15, -0.1) is 0 Å². The van der Waals surface area contributed by atoms with Crippen molar-refractivity contribution in [1.29, 1.82) is 0 Å². The summed E-state index contributed by atoms with van der Waals surface area (Å²) in [6.45, 7) is 0. The second kappa shape index (κ2) is 10.3. The molecule has 0 bridgehead atoms. The van der Waals surface area contributed by atoms with Crippen LogP contribution in [0.25, 0.3) is 38.3 Å². The van der Waals surface area contributed by atoms with Crippen molar-refractivity contribution in [2.24, 2.45) is 10.8 Å². The Bertz CT molecular complexity index is 1950. The lowest BCUT2D eigenvalue weighted by molar-refractivity contribution is 0.668. The molecule has 1 aromatic heterocycles. The van der Waals surface area contributed by atoms with Gasteiger partial charge in [0.2, 0.25) is 0 Å². The van der Waals surface area contributed by atoms with Gasteiger partial charge < -0.3 is 9.84 Å². The van der Waals surface area contributed by atoms with Crippen LogP contribution in [-0.2, 0) is 0 Å². The van der Waals surface area contributed by atoms with Crippen LogP contribution in [0.2, 0.25) is 0 Å². The molecule has 0 aliphatic heterocycles. The Morgan fingerprint density at radius 3 is 2.40 bits per heavy atom. The molecule has 1 heterocycles. The first-order valence-corrected chi connectivity index (χ1v) is 13.7. The first kappa shape index (κ1) is 24.1. The number of amidine groups is 1. The van der Waals surface area contributed by atoms with Gasteiger partial charge in [-0.2, -0.15) is 0 Å².